The van der Waals surface area contributed by atoms with Gasteiger partial charge in [-0.1, -0.05) is 48.2 Å². The zero-order valence-corrected chi connectivity index (χ0v) is 18.6. The maximum absolute atomic E-state index is 12.9. The van der Waals surface area contributed by atoms with Crippen molar-refractivity contribution < 1.29 is 4.79 Å². The average molecular weight is 436 g/mol. The molecule has 1 N–H and O–H groups in total. The van der Waals surface area contributed by atoms with Gasteiger partial charge in [0.1, 0.15) is 0 Å². The van der Waals surface area contributed by atoms with Crippen LogP contribution in [0.2, 0.25) is 0 Å². The van der Waals surface area contributed by atoms with Crippen LogP contribution in [0.3, 0.4) is 0 Å². The third kappa shape index (κ3) is 5.82. The average Bonchev–Trinajstić information content (AvgIpc) is 2.74. The number of anilines is 1. The van der Waals surface area contributed by atoms with Gasteiger partial charge < -0.3 is 4.90 Å². The highest BCUT2D eigenvalue weighted by Gasteiger charge is 2.13. The number of carbonyl (C=O) groups excluding carboxylic acids is 1. The Morgan fingerprint density at radius 1 is 1.23 bits per heavy atom. The van der Waals surface area contributed by atoms with Crippen molar-refractivity contribution in [3.63, 3.8) is 0 Å². The lowest BCUT2D eigenvalue weighted by Crippen LogP contribution is -2.25. The van der Waals surface area contributed by atoms with Crippen LogP contribution >= 0.6 is 11.8 Å². The van der Waals surface area contributed by atoms with Crippen molar-refractivity contribution in [3.8, 4) is 0 Å². The maximum Gasteiger partial charge on any atom is 0.262 e. The predicted octanol–water partition coefficient (Wildman–Crippen LogP) is 3.28. The number of allylic oxidation sites excluding steroid dienone is 1. The Kier molecular flexibility index (Phi) is 7.25. The smallest absolute Gasteiger partial charge is 0.262 e. The van der Waals surface area contributed by atoms with Crippen molar-refractivity contribution in [1.29, 1.82) is 0 Å². The molecule has 0 saturated carbocycles. The summed E-state index contributed by atoms with van der Waals surface area (Å²) in [6, 6.07) is 15.0. The van der Waals surface area contributed by atoms with Crippen molar-refractivity contribution >= 4 is 40.5 Å². The minimum atomic E-state index is -0.282. The standard InChI is InChI=1S/C23H25N5O2S/c1-16(2)14-28-22(30)19-7-5-6-8-20(19)25-23(28)31-15-21(29)26-24-13-17-9-11-18(12-10-17)27(3)4/h5-13H,1,14-15H2,2-4H3,(H,26,29)/b24-13+. The number of hydrazone groups is 1. The minimum Gasteiger partial charge on any atom is -0.378 e. The highest BCUT2D eigenvalue weighted by Crippen LogP contribution is 2.18. The predicted molar refractivity (Wildman–Crippen MR) is 128 cm³/mol. The number of hydrogen-bond donors (Lipinski definition) is 1. The number of hydrogen-bond acceptors (Lipinski definition) is 6. The van der Waals surface area contributed by atoms with E-state index in [0.29, 0.717) is 22.6 Å². The van der Waals surface area contributed by atoms with Crippen LogP contribution < -0.4 is 15.9 Å². The first-order valence-electron chi connectivity index (χ1n) is 9.71. The molecule has 3 aromatic rings. The van der Waals surface area contributed by atoms with Crippen molar-refractivity contribution in [1.82, 2.24) is 15.0 Å². The first kappa shape index (κ1) is 22.3. The lowest BCUT2D eigenvalue weighted by molar-refractivity contribution is -0.118. The molecule has 0 aliphatic carbocycles. The SMILES string of the molecule is C=C(C)Cn1c(SCC(=O)N/N=C/c2ccc(N(C)C)cc2)nc2ccccc2c1=O. The van der Waals surface area contributed by atoms with Crippen LogP contribution in [0.15, 0.2) is 75.7 Å². The van der Waals surface area contributed by atoms with Crippen LogP contribution in [-0.4, -0.2) is 41.5 Å². The van der Waals surface area contributed by atoms with Gasteiger partial charge >= 0.3 is 0 Å². The first-order valence-corrected chi connectivity index (χ1v) is 10.7. The molecule has 0 unspecified atom stereocenters. The summed E-state index contributed by atoms with van der Waals surface area (Å²) >= 11 is 1.20. The molecule has 1 aromatic heterocycles. The summed E-state index contributed by atoms with van der Waals surface area (Å²) in [5, 5.41) is 5.03. The van der Waals surface area contributed by atoms with Gasteiger partial charge in [0.05, 0.1) is 22.9 Å². The molecule has 1 amide bonds. The van der Waals surface area contributed by atoms with Crippen LogP contribution in [0, 0.1) is 0 Å². The fourth-order valence-electron chi connectivity index (χ4n) is 2.87. The Bertz CT molecular complexity index is 1180. The van der Waals surface area contributed by atoms with Gasteiger partial charge in [-0.05, 0) is 36.8 Å². The Morgan fingerprint density at radius 3 is 2.61 bits per heavy atom. The number of amides is 1. The van der Waals surface area contributed by atoms with Crippen molar-refractivity contribution in [2.45, 2.75) is 18.6 Å². The van der Waals surface area contributed by atoms with Gasteiger partial charge in [0.15, 0.2) is 5.16 Å². The van der Waals surface area contributed by atoms with Gasteiger partial charge in [0, 0.05) is 26.3 Å². The zero-order valence-electron chi connectivity index (χ0n) is 17.8. The quantitative estimate of drug-likeness (QED) is 0.193. The maximum atomic E-state index is 12.9. The number of benzene rings is 2. The molecule has 0 spiro atoms. The van der Waals surface area contributed by atoms with Crippen LogP contribution in [0.25, 0.3) is 10.9 Å². The molecule has 0 aliphatic rings. The molecular formula is C23H25N5O2S. The number of para-hydroxylation sites is 1. The highest BCUT2D eigenvalue weighted by molar-refractivity contribution is 7.99. The molecule has 160 valence electrons. The summed E-state index contributed by atoms with van der Waals surface area (Å²) in [5.41, 5.74) is 5.77. The Hall–Kier alpha value is -3.39. The molecule has 0 saturated heterocycles. The molecule has 0 bridgehead atoms. The van der Waals surface area contributed by atoms with Gasteiger partial charge in [0.25, 0.3) is 11.5 Å². The van der Waals surface area contributed by atoms with Gasteiger partial charge in [-0.2, -0.15) is 5.10 Å². The van der Waals surface area contributed by atoms with Gasteiger partial charge in [-0.15, -0.1) is 0 Å². The number of fused-ring (bicyclic) bond motifs is 1. The second-order valence-corrected chi connectivity index (χ2v) is 8.27. The second-order valence-electron chi connectivity index (χ2n) is 7.33. The molecule has 7 nitrogen and oxygen atoms in total. The van der Waals surface area contributed by atoms with Gasteiger partial charge in [0.2, 0.25) is 0 Å². The molecular weight excluding hydrogens is 410 g/mol. The summed E-state index contributed by atoms with van der Waals surface area (Å²) in [7, 11) is 3.95. The van der Waals surface area contributed by atoms with E-state index in [4.69, 9.17) is 0 Å². The summed E-state index contributed by atoms with van der Waals surface area (Å²) in [5.74, 6) is -0.201. The lowest BCUT2D eigenvalue weighted by Gasteiger charge is -2.12. The van der Waals surface area contributed by atoms with E-state index in [9.17, 15) is 9.59 Å². The third-order valence-corrected chi connectivity index (χ3v) is 5.38. The zero-order chi connectivity index (χ0) is 22.4. The van der Waals surface area contributed by atoms with E-state index in [0.717, 1.165) is 16.8 Å². The van der Waals surface area contributed by atoms with Crippen LogP contribution in [0.1, 0.15) is 12.5 Å². The van der Waals surface area contributed by atoms with Crippen LogP contribution in [0.4, 0.5) is 5.69 Å². The number of nitrogens with one attached hydrogen (secondary N) is 1. The molecule has 0 radical (unpaired) electrons. The Morgan fingerprint density at radius 2 is 1.94 bits per heavy atom. The van der Waals surface area contributed by atoms with Crippen molar-refractivity contribution in [3.05, 3.63) is 76.6 Å². The molecule has 0 aliphatic heterocycles. The van der Waals surface area contributed by atoms with Crippen LogP contribution in [-0.2, 0) is 11.3 Å². The fourth-order valence-corrected chi connectivity index (χ4v) is 3.66. The minimum absolute atomic E-state index is 0.0812. The van der Waals surface area contributed by atoms with E-state index >= 15 is 0 Å². The Balaban J connectivity index is 1.68. The van der Waals surface area contributed by atoms with E-state index in [1.165, 1.54) is 11.8 Å². The Labute approximate surface area is 185 Å². The summed E-state index contributed by atoms with van der Waals surface area (Å²) in [6.07, 6.45) is 1.59. The van der Waals surface area contributed by atoms with Crippen LogP contribution in [0.5, 0.6) is 0 Å². The van der Waals surface area contributed by atoms with Gasteiger partial charge in [-0.25, -0.2) is 10.4 Å². The topological polar surface area (TPSA) is 79.6 Å². The van der Waals surface area contributed by atoms with Crippen molar-refractivity contribution in [2.24, 2.45) is 5.10 Å². The largest absolute Gasteiger partial charge is 0.378 e. The van der Waals surface area contributed by atoms with Gasteiger partial charge in [-0.3, -0.25) is 14.2 Å². The molecule has 3 rings (SSSR count). The third-order valence-electron chi connectivity index (χ3n) is 4.40. The number of aromatic nitrogens is 2. The number of thioether (sulfide) groups is 1. The number of nitrogens with zero attached hydrogens (tertiary/aromatic N) is 4. The lowest BCUT2D eigenvalue weighted by atomic mass is 10.2. The van der Waals surface area contributed by atoms with E-state index in [1.54, 1.807) is 22.9 Å². The normalized spacial score (nSPS) is 11.1. The molecule has 8 heteroatoms. The molecule has 31 heavy (non-hydrogen) atoms. The second kappa shape index (κ2) is 10.1. The summed E-state index contributed by atoms with van der Waals surface area (Å²) in [4.78, 5) is 31.7. The number of rotatable bonds is 8. The van der Waals surface area contributed by atoms with E-state index < -0.39 is 0 Å². The molecule has 0 fully saturated rings. The molecule has 1 heterocycles. The first-order chi connectivity index (χ1) is 14.8. The summed E-state index contributed by atoms with van der Waals surface area (Å²) in [6.45, 7) is 6.09. The fraction of sp³-hybridized carbons (Fsp3) is 0.217. The van der Waals surface area contributed by atoms with E-state index in [1.807, 2.05) is 62.3 Å². The monoisotopic (exact) mass is 435 g/mol. The van der Waals surface area contributed by atoms with E-state index in [-0.39, 0.29) is 17.2 Å². The molecule has 2 aromatic carbocycles. The number of carbonyl (C=O) groups is 1. The molecule has 0 atom stereocenters. The highest BCUT2D eigenvalue weighted by atomic mass is 32.2. The summed E-state index contributed by atoms with van der Waals surface area (Å²) < 4.78 is 1.55. The van der Waals surface area contributed by atoms with E-state index in [2.05, 4.69) is 22.1 Å². The van der Waals surface area contributed by atoms with Crippen molar-refractivity contribution in [2.75, 3.05) is 24.7 Å².